The molecule has 4 aromatic rings. The van der Waals surface area contributed by atoms with E-state index in [1.54, 1.807) is 4.57 Å². The van der Waals surface area contributed by atoms with Gasteiger partial charge in [-0.25, -0.2) is 4.98 Å². The number of rotatable bonds is 7. The van der Waals surface area contributed by atoms with Gasteiger partial charge in [-0.3, -0.25) is 14.2 Å². The highest BCUT2D eigenvalue weighted by Crippen LogP contribution is 2.24. The molecule has 156 valence electrons. The van der Waals surface area contributed by atoms with Crippen molar-refractivity contribution < 1.29 is 4.79 Å². The summed E-state index contributed by atoms with van der Waals surface area (Å²) in [6, 6.07) is 22.8. The molecular weight excluding hydrogens is 404 g/mol. The molecule has 4 rings (SSSR count). The van der Waals surface area contributed by atoms with Gasteiger partial charge in [0.1, 0.15) is 0 Å². The Morgan fingerprint density at radius 3 is 2.45 bits per heavy atom. The number of hydrogen-bond donors (Lipinski definition) is 0. The quantitative estimate of drug-likeness (QED) is 0.163. The lowest BCUT2D eigenvalue weighted by Crippen LogP contribution is -2.22. The molecular formula is C26H24N2O2S. The molecule has 1 aromatic heterocycles. The summed E-state index contributed by atoms with van der Waals surface area (Å²) in [6.45, 7) is 4.10. The summed E-state index contributed by atoms with van der Waals surface area (Å²) in [5.41, 5.74) is 4.48. The molecule has 0 radical (unpaired) electrons. The molecule has 1 heterocycles. The number of ketones is 1. The largest absolute Gasteiger partial charge is 0.294 e. The summed E-state index contributed by atoms with van der Waals surface area (Å²) in [4.78, 5) is 30.5. The van der Waals surface area contributed by atoms with Crippen molar-refractivity contribution in [1.82, 2.24) is 9.55 Å². The maximum Gasteiger partial charge on any atom is 0.266 e. The molecule has 0 saturated carbocycles. The standard InChI is InChI=1S/C26H24N2O2S/c1-18-14-15-21(17-19(18)2)28-25(30)22-11-6-7-12-23(22)27-26(28)31-16-8-13-24(29)20-9-4-3-5-10-20/h3-7,9-12,14-15,17H,8,13,16H2,1-2H3. The van der Waals surface area contributed by atoms with Gasteiger partial charge in [0.25, 0.3) is 5.56 Å². The molecule has 0 unspecified atom stereocenters. The smallest absolute Gasteiger partial charge is 0.266 e. The van der Waals surface area contributed by atoms with Crippen LogP contribution in [-0.4, -0.2) is 21.1 Å². The minimum Gasteiger partial charge on any atom is -0.294 e. The summed E-state index contributed by atoms with van der Waals surface area (Å²) in [6.07, 6.45) is 1.19. The Hall–Kier alpha value is -3.18. The van der Waals surface area contributed by atoms with Crippen LogP contribution in [0.4, 0.5) is 0 Å². The summed E-state index contributed by atoms with van der Waals surface area (Å²) in [5, 5.41) is 1.25. The minimum absolute atomic E-state index is 0.0725. The number of fused-ring (bicyclic) bond motifs is 1. The first-order valence-corrected chi connectivity index (χ1v) is 11.3. The third-order valence-electron chi connectivity index (χ3n) is 5.37. The van der Waals surface area contributed by atoms with Crippen LogP contribution in [0.1, 0.15) is 34.3 Å². The average Bonchev–Trinajstić information content (AvgIpc) is 2.79. The zero-order valence-corrected chi connectivity index (χ0v) is 18.5. The molecule has 0 aliphatic heterocycles. The number of nitrogens with zero attached hydrogens (tertiary/aromatic N) is 2. The number of hydrogen-bond acceptors (Lipinski definition) is 4. The summed E-state index contributed by atoms with van der Waals surface area (Å²) in [5.74, 6) is 0.841. The van der Waals surface area contributed by atoms with Crippen LogP contribution in [-0.2, 0) is 0 Å². The van der Waals surface area contributed by atoms with Crippen molar-refractivity contribution in [2.75, 3.05) is 5.75 Å². The Morgan fingerprint density at radius 1 is 0.935 bits per heavy atom. The number of Topliss-reactive ketones (excluding diaryl/α,β-unsaturated/α-hetero) is 1. The van der Waals surface area contributed by atoms with Gasteiger partial charge in [-0.1, -0.05) is 60.3 Å². The molecule has 0 aliphatic carbocycles. The molecule has 0 aliphatic rings. The number of carbonyl (C=O) groups excluding carboxylic acids is 1. The third-order valence-corrected chi connectivity index (χ3v) is 6.39. The van der Waals surface area contributed by atoms with Crippen LogP contribution >= 0.6 is 11.8 Å². The van der Waals surface area contributed by atoms with Crippen LogP contribution in [0.25, 0.3) is 16.6 Å². The first-order chi connectivity index (χ1) is 15.0. The SMILES string of the molecule is Cc1ccc(-n2c(SCCCC(=O)c3ccccc3)nc3ccccc3c2=O)cc1C. The highest BCUT2D eigenvalue weighted by molar-refractivity contribution is 7.99. The Bertz CT molecular complexity index is 1300. The van der Waals surface area contributed by atoms with Crippen molar-refractivity contribution in [2.24, 2.45) is 0 Å². The van der Waals surface area contributed by atoms with Crippen LogP contribution < -0.4 is 5.56 Å². The molecule has 0 atom stereocenters. The fourth-order valence-corrected chi connectivity index (χ4v) is 4.42. The van der Waals surface area contributed by atoms with Gasteiger partial charge in [-0.05, 0) is 55.7 Å². The maximum absolute atomic E-state index is 13.3. The molecule has 0 fully saturated rings. The van der Waals surface area contributed by atoms with Crippen molar-refractivity contribution in [2.45, 2.75) is 31.8 Å². The van der Waals surface area contributed by atoms with Gasteiger partial charge in [-0.2, -0.15) is 0 Å². The number of aromatic nitrogens is 2. The molecule has 3 aromatic carbocycles. The van der Waals surface area contributed by atoms with Gasteiger partial charge in [0, 0.05) is 17.7 Å². The molecule has 31 heavy (non-hydrogen) atoms. The number of carbonyl (C=O) groups is 1. The van der Waals surface area contributed by atoms with Crippen molar-refractivity contribution in [1.29, 1.82) is 0 Å². The lowest BCUT2D eigenvalue weighted by atomic mass is 10.1. The maximum atomic E-state index is 13.3. The fraction of sp³-hybridized carbons (Fsp3) is 0.192. The second-order valence-corrected chi connectivity index (χ2v) is 8.62. The molecule has 0 saturated heterocycles. The Labute approximate surface area is 186 Å². The zero-order chi connectivity index (χ0) is 21.8. The summed E-state index contributed by atoms with van der Waals surface area (Å²) >= 11 is 1.52. The van der Waals surface area contributed by atoms with Gasteiger partial charge < -0.3 is 0 Å². The van der Waals surface area contributed by atoms with Crippen LogP contribution in [0, 0.1) is 13.8 Å². The predicted molar refractivity (Wildman–Crippen MR) is 128 cm³/mol. The Balaban J connectivity index is 1.61. The van der Waals surface area contributed by atoms with E-state index in [9.17, 15) is 9.59 Å². The van der Waals surface area contributed by atoms with Crippen molar-refractivity contribution in [3.63, 3.8) is 0 Å². The second kappa shape index (κ2) is 9.31. The van der Waals surface area contributed by atoms with Gasteiger partial charge >= 0.3 is 0 Å². The third kappa shape index (κ3) is 4.62. The number of para-hydroxylation sites is 1. The van der Waals surface area contributed by atoms with E-state index in [0.29, 0.717) is 34.7 Å². The van der Waals surface area contributed by atoms with E-state index in [2.05, 4.69) is 6.92 Å². The molecule has 4 nitrogen and oxygen atoms in total. The second-order valence-electron chi connectivity index (χ2n) is 7.56. The van der Waals surface area contributed by atoms with Gasteiger partial charge in [0.05, 0.1) is 16.6 Å². The lowest BCUT2D eigenvalue weighted by molar-refractivity contribution is 0.0982. The van der Waals surface area contributed by atoms with Gasteiger partial charge in [0.2, 0.25) is 0 Å². The number of benzene rings is 3. The lowest BCUT2D eigenvalue weighted by Gasteiger charge is -2.14. The van der Waals surface area contributed by atoms with E-state index in [1.165, 1.54) is 17.3 Å². The fourth-order valence-electron chi connectivity index (χ4n) is 3.47. The van der Waals surface area contributed by atoms with Crippen molar-refractivity contribution in [3.8, 4) is 5.69 Å². The van der Waals surface area contributed by atoms with Crippen LogP contribution in [0.3, 0.4) is 0 Å². The normalized spacial score (nSPS) is 11.0. The molecule has 0 amide bonds. The first-order valence-electron chi connectivity index (χ1n) is 10.3. The van der Waals surface area contributed by atoms with E-state index in [1.807, 2.05) is 79.7 Å². The number of thioether (sulfide) groups is 1. The molecule has 0 spiro atoms. The van der Waals surface area contributed by atoms with E-state index < -0.39 is 0 Å². The Kier molecular flexibility index (Phi) is 6.33. The predicted octanol–water partition coefficient (Wildman–Crippen LogP) is 5.76. The van der Waals surface area contributed by atoms with Crippen molar-refractivity contribution in [3.05, 3.63) is 99.8 Å². The molecule has 5 heteroatoms. The van der Waals surface area contributed by atoms with E-state index in [4.69, 9.17) is 4.98 Å². The molecule has 0 bridgehead atoms. The monoisotopic (exact) mass is 428 g/mol. The van der Waals surface area contributed by atoms with Crippen LogP contribution in [0.15, 0.2) is 82.7 Å². The van der Waals surface area contributed by atoms with Crippen LogP contribution in [0.2, 0.25) is 0 Å². The van der Waals surface area contributed by atoms with Crippen molar-refractivity contribution >= 4 is 28.4 Å². The average molecular weight is 429 g/mol. The Morgan fingerprint density at radius 2 is 1.68 bits per heavy atom. The summed E-state index contributed by atoms with van der Waals surface area (Å²) < 4.78 is 1.69. The molecule has 0 N–H and O–H groups in total. The van der Waals surface area contributed by atoms with E-state index in [-0.39, 0.29) is 11.3 Å². The zero-order valence-electron chi connectivity index (χ0n) is 17.7. The minimum atomic E-state index is -0.0725. The van der Waals surface area contributed by atoms with E-state index >= 15 is 0 Å². The highest BCUT2D eigenvalue weighted by atomic mass is 32.2. The van der Waals surface area contributed by atoms with Gasteiger partial charge in [0.15, 0.2) is 10.9 Å². The highest BCUT2D eigenvalue weighted by Gasteiger charge is 2.14. The first kappa shape index (κ1) is 21.1. The summed E-state index contributed by atoms with van der Waals surface area (Å²) in [7, 11) is 0. The number of aryl methyl sites for hydroxylation is 2. The van der Waals surface area contributed by atoms with E-state index in [0.717, 1.165) is 16.8 Å². The van der Waals surface area contributed by atoms with Gasteiger partial charge in [-0.15, -0.1) is 0 Å². The van der Waals surface area contributed by atoms with Crippen LogP contribution in [0.5, 0.6) is 0 Å². The topological polar surface area (TPSA) is 52.0 Å².